The van der Waals surface area contributed by atoms with Crippen LogP contribution in [0.5, 0.6) is 17.2 Å². The van der Waals surface area contributed by atoms with Crippen LogP contribution in [-0.2, 0) is 20.3 Å². The lowest BCUT2D eigenvalue weighted by atomic mass is 10.3. The molecular formula is C16H16N4O6S2. The summed E-state index contributed by atoms with van der Waals surface area (Å²) in [5.74, 6) is 0.879. The van der Waals surface area contributed by atoms with Crippen molar-refractivity contribution in [2.75, 3.05) is 14.1 Å². The number of aromatic nitrogens is 3. The smallest absolute Gasteiger partial charge is 0.377 e. The summed E-state index contributed by atoms with van der Waals surface area (Å²) in [5, 5.41) is 2.71. The van der Waals surface area contributed by atoms with Crippen LogP contribution in [-0.4, -0.2) is 49.4 Å². The molecule has 0 fully saturated rings. The number of benzene rings is 2. The maximum atomic E-state index is 12.4. The lowest BCUT2D eigenvalue weighted by Gasteiger charge is -2.09. The van der Waals surface area contributed by atoms with Gasteiger partial charge in [-0.2, -0.15) is 21.1 Å². The SMILES string of the molecule is CN(C)S(=O)(=O)n1cnc(S(=O)(=O)Oc2cccc(Oc3ccccc3)c2)n1. The minimum atomic E-state index is -4.45. The van der Waals surface area contributed by atoms with Gasteiger partial charge in [0, 0.05) is 20.2 Å². The molecule has 148 valence electrons. The van der Waals surface area contributed by atoms with Gasteiger partial charge in [-0.05, 0) is 24.3 Å². The molecule has 3 rings (SSSR count). The summed E-state index contributed by atoms with van der Waals surface area (Å²) >= 11 is 0. The van der Waals surface area contributed by atoms with Gasteiger partial charge in [0.2, 0.25) is 0 Å². The van der Waals surface area contributed by atoms with Crippen molar-refractivity contribution in [3.8, 4) is 17.2 Å². The van der Waals surface area contributed by atoms with E-state index in [0.717, 1.165) is 10.6 Å². The Kier molecular flexibility index (Phi) is 5.36. The van der Waals surface area contributed by atoms with E-state index in [1.165, 1.54) is 26.2 Å². The second-order valence-electron chi connectivity index (χ2n) is 5.62. The molecule has 10 nitrogen and oxygen atoms in total. The Morgan fingerprint density at radius 1 is 0.893 bits per heavy atom. The summed E-state index contributed by atoms with van der Waals surface area (Å²) in [7, 11) is -5.89. The first-order valence-corrected chi connectivity index (χ1v) is 10.6. The van der Waals surface area contributed by atoms with E-state index in [2.05, 4.69) is 10.1 Å². The van der Waals surface area contributed by atoms with Gasteiger partial charge >= 0.3 is 25.5 Å². The van der Waals surface area contributed by atoms with Crippen LogP contribution in [0.15, 0.2) is 66.1 Å². The highest BCUT2D eigenvalue weighted by Gasteiger charge is 2.26. The molecule has 12 heteroatoms. The van der Waals surface area contributed by atoms with Gasteiger partial charge in [-0.1, -0.05) is 24.3 Å². The average Bonchev–Trinajstić information content (AvgIpc) is 3.14. The second kappa shape index (κ2) is 7.58. The van der Waals surface area contributed by atoms with Gasteiger partial charge in [0.15, 0.2) is 0 Å². The maximum Gasteiger partial charge on any atom is 0.377 e. The van der Waals surface area contributed by atoms with Gasteiger partial charge in [-0.25, -0.2) is 4.98 Å². The Morgan fingerprint density at radius 3 is 2.21 bits per heavy atom. The number of hydrogen-bond donors (Lipinski definition) is 0. The van der Waals surface area contributed by atoms with E-state index >= 15 is 0 Å². The Labute approximate surface area is 162 Å². The highest BCUT2D eigenvalue weighted by Crippen LogP contribution is 2.26. The van der Waals surface area contributed by atoms with Gasteiger partial charge in [0.05, 0.1) is 0 Å². The van der Waals surface area contributed by atoms with E-state index in [-0.39, 0.29) is 5.75 Å². The van der Waals surface area contributed by atoms with Gasteiger partial charge in [0.1, 0.15) is 23.6 Å². The fourth-order valence-corrected chi connectivity index (χ4v) is 3.53. The molecule has 0 saturated heterocycles. The standard InChI is InChI=1S/C16H16N4O6S2/c1-19(2)28(23,24)20-12-17-16(18-20)27(21,22)26-15-10-6-9-14(11-15)25-13-7-4-3-5-8-13/h3-12H,1-2H3. The first-order valence-electron chi connectivity index (χ1n) is 7.81. The lowest BCUT2D eigenvalue weighted by molar-refractivity contribution is 0.464. The summed E-state index contributed by atoms with van der Waals surface area (Å²) in [5.41, 5.74) is 0. The monoisotopic (exact) mass is 424 g/mol. The van der Waals surface area contributed by atoms with Crippen molar-refractivity contribution in [2.24, 2.45) is 0 Å². The molecule has 1 heterocycles. The Balaban J connectivity index is 1.82. The zero-order valence-electron chi connectivity index (χ0n) is 14.8. The molecule has 0 aliphatic carbocycles. The van der Waals surface area contributed by atoms with Crippen LogP contribution in [0.25, 0.3) is 0 Å². The van der Waals surface area contributed by atoms with Crippen molar-refractivity contribution >= 4 is 20.3 Å². The number of hydrogen-bond acceptors (Lipinski definition) is 8. The van der Waals surface area contributed by atoms with Crippen molar-refractivity contribution in [3.63, 3.8) is 0 Å². The van der Waals surface area contributed by atoms with Crippen LogP contribution in [0.3, 0.4) is 0 Å². The zero-order chi connectivity index (χ0) is 20.4. The molecule has 3 aromatic rings. The fraction of sp³-hybridized carbons (Fsp3) is 0.125. The van der Waals surface area contributed by atoms with Crippen molar-refractivity contribution in [1.29, 1.82) is 0 Å². The second-order valence-corrected chi connectivity index (χ2v) is 9.06. The minimum Gasteiger partial charge on any atom is -0.457 e. The Morgan fingerprint density at radius 2 is 1.54 bits per heavy atom. The number of rotatable bonds is 7. The van der Waals surface area contributed by atoms with Crippen molar-refractivity contribution in [2.45, 2.75) is 5.16 Å². The normalized spacial score (nSPS) is 12.1. The van der Waals surface area contributed by atoms with Crippen LogP contribution in [0, 0.1) is 0 Å². The molecule has 0 N–H and O–H groups in total. The molecule has 0 atom stereocenters. The van der Waals surface area contributed by atoms with E-state index < -0.39 is 25.5 Å². The molecule has 0 aliphatic rings. The fourth-order valence-electron chi connectivity index (χ4n) is 2.01. The largest absolute Gasteiger partial charge is 0.457 e. The van der Waals surface area contributed by atoms with E-state index in [4.69, 9.17) is 8.92 Å². The molecule has 0 bridgehead atoms. The third-order valence-electron chi connectivity index (χ3n) is 3.36. The molecule has 2 aromatic carbocycles. The summed E-state index contributed by atoms with van der Waals surface area (Å²) in [6.07, 6.45) is 0.778. The molecule has 0 saturated carbocycles. The van der Waals surface area contributed by atoms with E-state index in [0.29, 0.717) is 15.6 Å². The van der Waals surface area contributed by atoms with E-state index in [1.807, 2.05) is 6.07 Å². The van der Waals surface area contributed by atoms with Crippen molar-refractivity contribution in [3.05, 3.63) is 60.9 Å². The lowest BCUT2D eigenvalue weighted by Crippen LogP contribution is -2.29. The molecule has 0 amide bonds. The molecule has 0 radical (unpaired) electrons. The molecule has 1 aromatic heterocycles. The third-order valence-corrected chi connectivity index (χ3v) is 5.98. The minimum absolute atomic E-state index is 0.0414. The quantitative estimate of drug-likeness (QED) is 0.523. The van der Waals surface area contributed by atoms with Crippen LogP contribution < -0.4 is 8.92 Å². The molecule has 28 heavy (non-hydrogen) atoms. The van der Waals surface area contributed by atoms with Crippen LogP contribution in [0.4, 0.5) is 0 Å². The highest BCUT2D eigenvalue weighted by molar-refractivity contribution is 7.87. The summed E-state index contributed by atoms with van der Waals surface area (Å²) in [6, 6.07) is 14.9. The summed E-state index contributed by atoms with van der Waals surface area (Å²) in [6.45, 7) is 0. The predicted octanol–water partition coefficient (Wildman–Crippen LogP) is 1.49. The Bertz CT molecular complexity index is 1170. The summed E-state index contributed by atoms with van der Waals surface area (Å²) in [4.78, 5) is 3.52. The van der Waals surface area contributed by atoms with Crippen LogP contribution in [0.2, 0.25) is 0 Å². The average molecular weight is 424 g/mol. The van der Waals surface area contributed by atoms with Crippen LogP contribution >= 0.6 is 0 Å². The summed E-state index contributed by atoms with van der Waals surface area (Å²) < 4.78 is 60.6. The highest BCUT2D eigenvalue weighted by atomic mass is 32.2. The maximum absolute atomic E-state index is 12.4. The van der Waals surface area contributed by atoms with Crippen molar-refractivity contribution < 1.29 is 25.8 Å². The van der Waals surface area contributed by atoms with E-state index in [1.54, 1.807) is 36.4 Å². The van der Waals surface area contributed by atoms with Gasteiger partial charge < -0.3 is 8.92 Å². The zero-order valence-corrected chi connectivity index (χ0v) is 16.5. The molecule has 0 unspecified atom stereocenters. The van der Waals surface area contributed by atoms with Crippen molar-refractivity contribution in [1.82, 2.24) is 18.5 Å². The molecule has 0 spiro atoms. The van der Waals surface area contributed by atoms with E-state index in [9.17, 15) is 16.8 Å². The van der Waals surface area contributed by atoms with Crippen LogP contribution in [0.1, 0.15) is 0 Å². The van der Waals surface area contributed by atoms with Gasteiger partial charge in [-0.3, -0.25) is 0 Å². The number of nitrogens with zero attached hydrogens (tertiary/aromatic N) is 4. The number of ether oxygens (including phenoxy) is 1. The third kappa shape index (κ3) is 4.30. The topological polar surface area (TPSA) is 121 Å². The Hall–Kier alpha value is -2.96. The molecular weight excluding hydrogens is 408 g/mol. The number of para-hydroxylation sites is 1. The first-order chi connectivity index (χ1) is 13.2. The van der Waals surface area contributed by atoms with Gasteiger partial charge in [-0.15, -0.1) is 9.19 Å². The van der Waals surface area contributed by atoms with Gasteiger partial charge in [0.25, 0.3) is 0 Å². The first kappa shape index (κ1) is 19.8. The predicted molar refractivity (Wildman–Crippen MR) is 98.8 cm³/mol. The molecule has 0 aliphatic heterocycles.